The van der Waals surface area contributed by atoms with E-state index in [1.807, 2.05) is 72.8 Å². The Balaban J connectivity index is 1.67. The molecule has 2 heterocycles. The van der Waals surface area contributed by atoms with E-state index in [2.05, 4.69) is 15.0 Å². The summed E-state index contributed by atoms with van der Waals surface area (Å²) in [5, 5.41) is 11.4. The first-order chi connectivity index (χ1) is 15.6. The Morgan fingerprint density at radius 2 is 1.78 bits per heavy atom. The Hall–Kier alpha value is -3.97. The lowest BCUT2D eigenvalue weighted by Crippen LogP contribution is -1.97. The van der Waals surface area contributed by atoms with E-state index < -0.39 is 5.97 Å². The van der Waals surface area contributed by atoms with Crippen LogP contribution in [-0.2, 0) is 4.79 Å². The average Bonchev–Trinajstić information content (AvgIpc) is 3.39. The van der Waals surface area contributed by atoms with Gasteiger partial charge < -0.3 is 19.8 Å². The van der Waals surface area contributed by atoms with Gasteiger partial charge >= 0.3 is 5.97 Å². The Morgan fingerprint density at radius 1 is 1.00 bits per heavy atom. The smallest absolute Gasteiger partial charge is 0.342 e. The number of hydrogen-bond donors (Lipinski definition) is 3. The second-order valence-electron chi connectivity index (χ2n) is 7.17. The summed E-state index contributed by atoms with van der Waals surface area (Å²) in [5.41, 5.74) is 5.15. The standard InChI is InChI=1S/C25H19N3O3S/c1-31-16-11-12-19-17(13-16)18(23(26-19)15-7-3-2-4-8-15)14-22(24(29)30)32-25-27-20-9-5-6-10-21(20)28-25/h2-14,26H,1H3,(H,27,28)(H,29,30)/b22-14-. The highest BCUT2D eigenvalue weighted by atomic mass is 32.2. The number of ether oxygens (including phenoxy) is 1. The van der Waals surface area contributed by atoms with E-state index in [-0.39, 0.29) is 4.91 Å². The van der Waals surface area contributed by atoms with Crippen LogP contribution in [0.25, 0.3) is 39.3 Å². The first kappa shape index (κ1) is 20.0. The molecule has 7 heteroatoms. The van der Waals surface area contributed by atoms with Gasteiger partial charge in [-0.25, -0.2) is 9.78 Å². The maximum atomic E-state index is 12.2. The van der Waals surface area contributed by atoms with Gasteiger partial charge in [-0.15, -0.1) is 0 Å². The number of benzene rings is 3. The van der Waals surface area contributed by atoms with Crippen LogP contribution in [0.4, 0.5) is 0 Å². The molecular weight excluding hydrogens is 422 g/mol. The van der Waals surface area contributed by atoms with Crippen molar-refractivity contribution in [2.75, 3.05) is 7.11 Å². The van der Waals surface area contributed by atoms with Crippen LogP contribution in [0.2, 0.25) is 0 Å². The third kappa shape index (κ3) is 3.74. The number of methoxy groups -OCH3 is 1. The third-order valence-corrected chi connectivity index (χ3v) is 6.07. The van der Waals surface area contributed by atoms with E-state index in [1.54, 1.807) is 13.2 Å². The molecule has 32 heavy (non-hydrogen) atoms. The fourth-order valence-electron chi connectivity index (χ4n) is 3.65. The van der Waals surface area contributed by atoms with E-state index >= 15 is 0 Å². The lowest BCUT2D eigenvalue weighted by Gasteiger charge is -2.04. The first-order valence-corrected chi connectivity index (χ1v) is 10.8. The molecule has 5 rings (SSSR count). The van der Waals surface area contributed by atoms with Crippen molar-refractivity contribution in [2.24, 2.45) is 0 Å². The van der Waals surface area contributed by atoms with Crippen LogP contribution < -0.4 is 4.74 Å². The fourth-order valence-corrected chi connectivity index (χ4v) is 4.43. The van der Waals surface area contributed by atoms with Gasteiger partial charge in [-0.3, -0.25) is 0 Å². The van der Waals surface area contributed by atoms with Crippen LogP contribution in [0.5, 0.6) is 5.75 Å². The number of fused-ring (bicyclic) bond motifs is 2. The van der Waals surface area contributed by atoms with Crippen molar-refractivity contribution >= 4 is 45.7 Å². The predicted octanol–water partition coefficient (Wildman–Crippen LogP) is 5.94. The largest absolute Gasteiger partial charge is 0.497 e. The molecule has 2 aromatic heterocycles. The SMILES string of the molecule is COc1ccc2[nH]c(-c3ccccc3)c(/C=C(\Sc3nc4ccccc4[nH]3)C(=O)O)c2c1. The molecular formula is C25H19N3O3S. The van der Waals surface area contributed by atoms with Gasteiger partial charge in [0.05, 0.1) is 23.8 Å². The highest BCUT2D eigenvalue weighted by Gasteiger charge is 2.18. The quantitative estimate of drug-likeness (QED) is 0.224. The molecule has 0 aliphatic rings. The minimum absolute atomic E-state index is 0.157. The first-order valence-electron chi connectivity index (χ1n) is 9.95. The lowest BCUT2D eigenvalue weighted by molar-refractivity contribution is -0.131. The van der Waals surface area contributed by atoms with Crippen molar-refractivity contribution in [1.29, 1.82) is 0 Å². The molecule has 158 valence electrons. The molecule has 0 atom stereocenters. The molecule has 0 spiro atoms. The van der Waals surface area contributed by atoms with Gasteiger partial charge in [0.2, 0.25) is 0 Å². The molecule has 0 saturated heterocycles. The molecule has 0 aliphatic heterocycles. The van der Waals surface area contributed by atoms with Crippen LogP contribution in [0.1, 0.15) is 5.56 Å². The number of aromatic amines is 2. The number of thioether (sulfide) groups is 1. The van der Waals surface area contributed by atoms with Gasteiger partial charge in [-0.1, -0.05) is 42.5 Å². The number of hydrogen-bond acceptors (Lipinski definition) is 4. The number of aliphatic carboxylic acids is 1. The van der Waals surface area contributed by atoms with Crippen LogP contribution in [0.15, 0.2) is 82.9 Å². The summed E-state index contributed by atoms with van der Waals surface area (Å²) in [6.45, 7) is 0. The molecule has 0 amide bonds. The zero-order chi connectivity index (χ0) is 22.1. The van der Waals surface area contributed by atoms with Crippen molar-refractivity contribution in [2.45, 2.75) is 5.16 Å². The zero-order valence-electron chi connectivity index (χ0n) is 17.1. The van der Waals surface area contributed by atoms with Crippen LogP contribution >= 0.6 is 11.8 Å². The number of rotatable bonds is 6. The maximum absolute atomic E-state index is 12.2. The number of carboxylic acid groups (broad SMARTS) is 1. The highest BCUT2D eigenvalue weighted by molar-refractivity contribution is 8.04. The van der Waals surface area contributed by atoms with Gasteiger partial charge in [0.25, 0.3) is 0 Å². The average molecular weight is 442 g/mol. The molecule has 0 radical (unpaired) electrons. The summed E-state index contributed by atoms with van der Waals surface area (Å²) in [6, 6.07) is 23.2. The Morgan fingerprint density at radius 3 is 2.53 bits per heavy atom. The zero-order valence-corrected chi connectivity index (χ0v) is 17.9. The summed E-state index contributed by atoms with van der Waals surface area (Å²) >= 11 is 1.09. The molecule has 0 unspecified atom stereocenters. The predicted molar refractivity (Wildman–Crippen MR) is 128 cm³/mol. The number of carboxylic acids is 1. The maximum Gasteiger partial charge on any atom is 0.342 e. The Labute approximate surface area is 188 Å². The molecule has 3 aromatic carbocycles. The number of para-hydroxylation sites is 2. The monoisotopic (exact) mass is 441 g/mol. The summed E-state index contributed by atoms with van der Waals surface area (Å²) < 4.78 is 5.40. The minimum Gasteiger partial charge on any atom is -0.497 e. The van der Waals surface area contributed by atoms with Crippen molar-refractivity contribution in [3.8, 4) is 17.0 Å². The van der Waals surface area contributed by atoms with E-state index in [0.717, 1.165) is 50.5 Å². The van der Waals surface area contributed by atoms with Gasteiger partial charge in [0.1, 0.15) is 10.7 Å². The normalized spacial score (nSPS) is 11.8. The third-order valence-electron chi connectivity index (χ3n) is 5.17. The number of H-pyrrole nitrogens is 2. The van der Waals surface area contributed by atoms with Crippen LogP contribution in [0.3, 0.4) is 0 Å². The number of imidazole rings is 1. The van der Waals surface area contributed by atoms with E-state index in [1.165, 1.54) is 0 Å². The van der Waals surface area contributed by atoms with Gasteiger partial charge in [-0.05, 0) is 53.7 Å². The molecule has 0 aliphatic carbocycles. The van der Waals surface area contributed by atoms with Gasteiger partial charge in [0.15, 0.2) is 5.16 Å². The molecule has 0 fully saturated rings. The lowest BCUT2D eigenvalue weighted by atomic mass is 10.0. The molecule has 0 saturated carbocycles. The number of nitrogens with zero attached hydrogens (tertiary/aromatic N) is 1. The van der Waals surface area contributed by atoms with Crippen molar-refractivity contribution in [3.63, 3.8) is 0 Å². The van der Waals surface area contributed by atoms with Gasteiger partial charge in [-0.2, -0.15) is 0 Å². The summed E-state index contributed by atoms with van der Waals surface area (Å²) in [7, 11) is 1.61. The Kier molecular flexibility index (Phi) is 5.17. The minimum atomic E-state index is -1.02. The number of nitrogens with one attached hydrogen (secondary N) is 2. The summed E-state index contributed by atoms with van der Waals surface area (Å²) in [6.07, 6.45) is 1.70. The van der Waals surface area contributed by atoms with E-state index in [4.69, 9.17) is 4.74 Å². The van der Waals surface area contributed by atoms with Crippen LogP contribution in [0, 0.1) is 0 Å². The van der Waals surface area contributed by atoms with Gasteiger partial charge in [0, 0.05) is 16.5 Å². The number of carbonyl (C=O) groups is 1. The summed E-state index contributed by atoms with van der Waals surface area (Å²) in [4.78, 5) is 23.5. The molecule has 3 N–H and O–H groups in total. The van der Waals surface area contributed by atoms with E-state index in [0.29, 0.717) is 10.9 Å². The van der Waals surface area contributed by atoms with E-state index in [9.17, 15) is 9.90 Å². The number of aromatic nitrogens is 3. The van der Waals surface area contributed by atoms with Crippen molar-refractivity contribution < 1.29 is 14.6 Å². The molecule has 5 aromatic rings. The molecule has 0 bridgehead atoms. The topological polar surface area (TPSA) is 91.0 Å². The fraction of sp³-hybridized carbons (Fsp3) is 0.0400. The second-order valence-corrected chi connectivity index (χ2v) is 8.20. The second kappa shape index (κ2) is 8.28. The highest BCUT2D eigenvalue weighted by Crippen LogP contribution is 2.36. The summed E-state index contributed by atoms with van der Waals surface area (Å²) in [5.74, 6) is -0.320. The van der Waals surface area contributed by atoms with Crippen molar-refractivity contribution in [1.82, 2.24) is 15.0 Å². The molecule has 6 nitrogen and oxygen atoms in total. The van der Waals surface area contributed by atoms with Crippen molar-refractivity contribution in [3.05, 3.63) is 83.3 Å². The Bertz CT molecular complexity index is 1440. The van der Waals surface area contributed by atoms with Crippen LogP contribution in [-0.4, -0.2) is 33.1 Å².